The van der Waals surface area contributed by atoms with Crippen molar-refractivity contribution in [2.45, 2.75) is 21.4 Å². The van der Waals surface area contributed by atoms with Gasteiger partial charge in [0.25, 0.3) is 0 Å². The zero-order valence-corrected chi connectivity index (χ0v) is 13.6. The highest BCUT2D eigenvalue weighted by atomic mass is 32.2. The molecule has 0 spiro atoms. The molecule has 0 radical (unpaired) electrons. The fraction of sp³-hybridized carbons (Fsp3) is 0.308. The fourth-order valence-electron chi connectivity index (χ4n) is 1.44. The van der Waals surface area contributed by atoms with Crippen molar-refractivity contribution in [3.05, 3.63) is 35.4 Å². The minimum absolute atomic E-state index is 0.311. The first-order valence-corrected chi connectivity index (χ1v) is 8.78. The van der Waals surface area contributed by atoms with E-state index >= 15 is 0 Å². The lowest BCUT2D eigenvalue weighted by Gasteiger charge is -2.01. The molecule has 0 aliphatic carbocycles. The number of thioether (sulfide) groups is 2. The summed E-state index contributed by atoms with van der Waals surface area (Å²) in [5.74, 6) is 1.51. The molecule has 20 heavy (non-hydrogen) atoms. The van der Waals surface area contributed by atoms with Gasteiger partial charge in [-0.15, -0.1) is 10.2 Å². The largest absolute Gasteiger partial charge is 0.465 e. The predicted molar refractivity (Wildman–Crippen MR) is 83.6 cm³/mol. The van der Waals surface area contributed by atoms with Gasteiger partial charge in [-0.3, -0.25) is 0 Å². The van der Waals surface area contributed by atoms with Gasteiger partial charge in [-0.2, -0.15) is 0 Å². The number of esters is 1. The van der Waals surface area contributed by atoms with Gasteiger partial charge in [0.15, 0.2) is 8.68 Å². The number of nitrogens with zero attached hydrogens (tertiary/aromatic N) is 2. The van der Waals surface area contributed by atoms with Crippen LogP contribution in [-0.2, 0) is 10.5 Å². The summed E-state index contributed by atoms with van der Waals surface area (Å²) in [6.45, 7) is 2.10. The standard InChI is InChI=1S/C13H14N2O2S3/c1-3-18-12-14-15-13(20-12)19-8-9-4-6-10(7-5-9)11(16)17-2/h4-7H,3,8H2,1-2H3. The number of carbonyl (C=O) groups excluding carboxylic acids is 1. The highest BCUT2D eigenvalue weighted by Gasteiger charge is 2.07. The maximum atomic E-state index is 11.3. The Morgan fingerprint density at radius 2 is 1.85 bits per heavy atom. The Hall–Kier alpha value is -1.05. The van der Waals surface area contributed by atoms with Crippen LogP contribution in [0.25, 0.3) is 0 Å². The molecular weight excluding hydrogens is 312 g/mol. The molecule has 0 N–H and O–H groups in total. The number of carbonyl (C=O) groups is 1. The topological polar surface area (TPSA) is 52.1 Å². The maximum absolute atomic E-state index is 11.3. The SMILES string of the molecule is CCSc1nnc(SCc2ccc(C(=O)OC)cc2)s1. The first-order chi connectivity index (χ1) is 9.72. The molecule has 0 bridgehead atoms. The number of hydrogen-bond donors (Lipinski definition) is 0. The maximum Gasteiger partial charge on any atom is 0.337 e. The van der Waals surface area contributed by atoms with E-state index in [2.05, 4.69) is 21.9 Å². The molecule has 0 unspecified atom stereocenters. The average molecular weight is 326 g/mol. The van der Waals surface area contributed by atoms with E-state index in [9.17, 15) is 4.79 Å². The molecule has 0 fully saturated rings. The summed E-state index contributed by atoms with van der Waals surface area (Å²) in [6, 6.07) is 7.42. The van der Waals surface area contributed by atoms with E-state index in [0.29, 0.717) is 5.56 Å². The quantitative estimate of drug-likeness (QED) is 0.595. The van der Waals surface area contributed by atoms with Crippen molar-refractivity contribution < 1.29 is 9.53 Å². The molecular formula is C13H14N2O2S3. The molecule has 4 nitrogen and oxygen atoms in total. The van der Waals surface area contributed by atoms with Crippen molar-refractivity contribution in [3.63, 3.8) is 0 Å². The Morgan fingerprint density at radius 3 is 2.45 bits per heavy atom. The molecule has 106 valence electrons. The Kier molecular flexibility index (Phi) is 5.87. The van der Waals surface area contributed by atoms with Crippen LogP contribution in [0.15, 0.2) is 32.9 Å². The Labute approximate surface area is 130 Å². The molecule has 0 amide bonds. The number of rotatable bonds is 6. The van der Waals surface area contributed by atoms with Crippen molar-refractivity contribution in [2.24, 2.45) is 0 Å². The van der Waals surface area contributed by atoms with E-state index in [1.807, 2.05) is 12.1 Å². The highest BCUT2D eigenvalue weighted by Crippen LogP contribution is 2.30. The van der Waals surface area contributed by atoms with Crippen molar-refractivity contribution in [1.82, 2.24) is 10.2 Å². The van der Waals surface area contributed by atoms with Gasteiger partial charge >= 0.3 is 5.97 Å². The van der Waals surface area contributed by atoms with Crippen molar-refractivity contribution in [2.75, 3.05) is 12.9 Å². The average Bonchev–Trinajstić information content (AvgIpc) is 2.93. The smallest absolute Gasteiger partial charge is 0.337 e. The van der Waals surface area contributed by atoms with Crippen LogP contribution in [0.4, 0.5) is 0 Å². The number of benzene rings is 1. The lowest BCUT2D eigenvalue weighted by atomic mass is 10.1. The molecule has 7 heteroatoms. The van der Waals surface area contributed by atoms with Gasteiger partial charge in [-0.25, -0.2) is 4.79 Å². The summed E-state index contributed by atoms with van der Waals surface area (Å²) in [6.07, 6.45) is 0. The van der Waals surface area contributed by atoms with Crippen LogP contribution in [0.3, 0.4) is 0 Å². The van der Waals surface area contributed by atoms with Gasteiger partial charge in [-0.1, -0.05) is 53.9 Å². The summed E-state index contributed by atoms with van der Waals surface area (Å²) in [5, 5.41) is 8.26. The van der Waals surface area contributed by atoms with Crippen LogP contribution >= 0.6 is 34.9 Å². The fourth-order valence-corrected chi connectivity index (χ4v) is 4.31. The summed E-state index contributed by atoms with van der Waals surface area (Å²) < 4.78 is 6.65. The van der Waals surface area contributed by atoms with Gasteiger partial charge in [0.1, 0.15) is 0 Å². The number of aromatic nitrogens is 2. The molecule has 0 aliphatic heterocycles. The van der Waals surface area contributed by atoms with E-state index in [1.54, 1.807) is 47.0 Å². The van der Waals surface area contributed by atoms with Gasteiger partial charge in [0.2, 0.25) is 0 Å². The highest BCUT2D eigenvalue weighted by molar-refractivity contribution is 8.02. The normalized spacial score (nSPS) is 10.5. The summed E-state index contributed by atoms with van der Waals surface area (Å²) in [7, 11) is 1.38. The van der Waals surface area contributed by atoms with Crippen molar-refractivity contribution >= 4 is 40.8 Å². The second kappa shape index (κ2) is 7.66. The number of hydrogen-bond acceptors (Lipinski definition) is 7. The Morgan fingerprint density at radius 1 is 1.20 bits per heavy atom. The van der Waals surface area contributed by atoms with E-state index in [-0.39, 0.29) is 5.97 Å². The van der Waals surface area contributed by atoms with Crippen LogP contribution in [0.2, 0.25) is 0 Å². The van der Waals surface area contributed by atoms with E-state index in [1.165, 1.54) is 7.11 Å². The monoisotopic (exact) mass is 326 g/mol. The molecule has 2 rings (SSSR count). The minimum Gasteiger partial charge on any atom is -0.465 e. The third-order valence-electron chi connectivity index (χ3n) is 2.39. The molecule has 1 aromatic carbocycles. The van der Waals surface area contributed by atoms with Crippen molar-refractivity contribution in [1.29, 1.82) is 0 Å². The number of methoxy groups -OCH3 is 1. The zero-order valence-electron chi connectivity index (χ0n) is 11.2. The minimum atomic E-state index is -0.311. The van der Waals surface area contributed by atoms with E-state index in [4.69, 9.17) is 0 Å². The van der Waals surface area contributed by atoms with Gasteiger partial charge in [0, 0.05) is 5.75 Å². The molecule has 0 atom stereocenters. The lowest BCUT2D eigenvalue weighted by Crippen LogP contribution is -2.00. The molecule has 2 aromatic rings. The Balaban J connectivity index is 1.91. The van der Waals surface area contributed by atoms with E-state index in [0.717, 1.165) is 25.7 Å². The first kappa shape index (κ1) is 15.3. The third kappa shape index (κ3) is 4.22. The van der Waals surface area contributed by atoms with Gasteiger partial charge in [0.05, 0.1) is 12.7 Å². The molecule has 0 saturated heterocycles. The molecule has 0 saturated carbocycles. The second-order valence-corrected chi connectivity index (χ2v) is 7.46. The van der Waals surface area contributed by atoms with Crippen LogP contribution < -0.4 is 0 Å². The summed E-state index contributed by atoms with van der Waals surface area (Å²) in [5.41, 5.74) is 1.71. The molecule has 1 aromatic heterocycles. The number of ether oxygens (including phenoxy) is 1. The summed E-state index contributed by atoms with van der Waals surface area (Å²) in [4.78, 5) is 11.3. The van der Waals surface area contributed by atoms with Crippen LogP contribution in [0.1, 0.15) is 22.8 Å². The molecule has 1 heterocycles. The third-order valence-corrected chi connectivity index (χ3v) is 5.54. The van der Waals surface area contributed by atoms with Crippen LogP contribution in [-0.4, -0.2) is 29.0 Å². The lowest BCUT2D eigenvalue weighted by molar-refractivity contribution is 0.0600. The van der Waals surface area contributed by atoms with Crippen molar-refractivity contribution in [3.8, 4) is 0 Å². The van der Waals surface area contributed by atoms with Crippen LogP contribution in [0.5, 0.6) is 0 Å². The zero-order chi connectivity index (χ0) is 14.4. The van der Waals surface area contributed by atoms with E-state index < -0.39 is 0 Å². The summed E-state index contributed by atoms with van der Waals surface area (Å²) >= 11 is 4.98. The predicted octanol–water partition coefficient (Wildman–Crippen LogP) is 3.73. The first-order valence-electron chi connectivity index (χ1n) is 5.99. The molecule has 0 aliphatic rings. The second-order valence-electron chi connectivity index (χ2n) is 3.74. The van der Waals surface area contributed by atoms with Gasteiger partial charge < -0.3 is 4.74 Å². The van der Waals surface area contributed by atoms with Gasteiger partial charge in [-0.05, 0) is 23.4 Å². The van der Waals surface area contributed by atoms with Crippen LogP contribution in [0, 0.1) is 0 Å². The Bertz CT molecular complexity index is 569.